The number of aryl methyl sites for hydroxylation is 3. The minimum Gasteiger partial charge on any atom is -0.454 e. The Bertz CT molecular complexity index is 1080. The summed E-state index contributed by atoms with van der Waals surface area (Å²) in [6.45, 7) is 5.47. The Morgan fingerprint density at radius 3 is 2.35 bits per heavy atom. The van der Waals surface area contributed by atoms with Gasteiger partial charge in [0.2, 0.25) is 10.0 Å². The first-order valence-electron chi connectivity index (χ1n) is 9.91. The molecule has 0 saturated carbocycles. The number of amides is 1. The molecule has 1 amide bonds. The molecule has 1 N–H and O–H groups in total. The van der Waals surface area contributed by atoms with Crippen molar-refractivity contribution in [3.05, 3.63) is 58.1 Å². The maximum absolute atomic E-state index is 12.9. The first kappa shape index (κ1) is 23.2. The number of carbonyl (C=O) groups excluding carboxylic acids is 2. The maximum atomic E-state index is 12.9. The molecule has 0 bridgehead atoms. The second-order valence-electron chi connectivity index (χ2n) is 7.66. The van der Waals surface area contributed by atoms with Gasteiger partial charge in [0.25, 0.3) is 5.91 Å². The van der Waals surface area contributed by atoms with Crippen molar-refractivity contribution in [2.75, 3.05) is 18.5 Å². The molecule has 31 heavy (non-hydrogen) atoms. The fraction of sp³-hybridized carbons (Fsp3) is 0.364. The van der Waals surface area contributed by atoms with Gasteiger partial charge < -0.3 is 10.1 Å². The van der Waals surface area contributed by atoms with E-state index < -0.39 is 34.5 Å². The largest absolute Gasteiger partial charge is 0.454 e. The number of hydrogen-bond acceptors (Lipinski definition) is 5. The van der Waals surface area contributed by atoms with Crippen LogP contribution in [0.2, 0.25) is 5.02 Å². The molecule has 3 rings (SSSR count). The van der Waals surface area contributed by atoms with Crippen LogP contribution in [0.5, 0.6) is 0 Å². The highest BCUT2D eigenvalue weighted by Crippen LogP contribution is 2.28. The van der Waals surface area contributed by atoms with Crippen LogP contribution in [-0.4, -0.2) is 43.8 Å². The van der Waals surface area contributed by atoms with Gasteiger partial charge in [-0.25, -0.2) is 8.42 Å². The van der Waals surface area contributed by atoms with Crippen molar-refractivity contribution in [3.63, 3.8) is 0 Å². The second-order valence-corrected chi connectivity index (χ2v) is 9.98. The molecule has 0 aromatic heterocycles. The molecular formula is C22H25ClN2O5S. The topological polar surface area (TPSA) is 92.8 Å². The van der Waals surface area contributed by atoms with E-state index in [4.69, 9.17) is 16.3 Å². The quantitative estimate of drug-likeness (QED) is 0.659. The van der Waals surface area contributed by atoms with Crippen molar-refractivity contribution in [2.24, 2.45) is 0 Å². The first-order chi connectivity index (χ1) is 14.6. The van der Waals surface area contributed by atoms with Gasteiger partial charge in [-0.05, 0) is 69.0 Å². The van der Waals surface area contributed by atoms with Crippen molar-refractivity contribution < 1.29 is 22.7 Å². The van der Waals surface area contributed by atoms with E-state index in [1.807, 2.05) is 32.9 Å². The van der Waals surface area contributed by atoms with Crippen LogP contribution in [0.3, 0.4) is 0 Å². The lowest BCUT2D eigenvalue weighted by molar-refractivity contribution is -0.150. The third-order valence-corrected chi connectivity index (χ3v) is 7.36. The van der Waals surface area contributed by atoms with Gasteiger partial charge in [-0.15, -0.1) is 0 Å². The number of nitrogens with zero attached hydrogens (tertiary/aromatic N) is 1. The molecule has 7 nitrogen and oxygen atoms in total. The molecule has 2 aromatic rings. The number of nitrogens with one attached hydrogen (secondary N) is 1. The number of hydrogen-bond donors (Lipinski definition) is 1. The number of esters is 1. The molecule has 1 aliphatic rings. The number of halogens is 1. The summed E-state index contributed by atoms with van der Waals surface area (Å²) in [5.74, 6) is -1.21. The molecule has 1 heterocycles. The van der Waals surface area contributed by atoms with E-state index in [-0.39, 0.29) is 11.4 Å². The zero-order valence-electron chi connectivity index (χ0n) is 17.6. The Hall–Kier alpha value is -2.42. The summed E-state index contributed by atoms with van der Waals surface area (Å²) in [7, 11) is -3.88. The lowest BCUT2D eigenvalue weighted by Crippen LogP contribution is -2.42. The van der Waals surface area contributed by atoms with Gasteiger partial charge >= 0.3 is 5.97 Å². The molecule has 2 aromatic carbocycles. The molecular weight excluding hydrogens is 440 g/mol. The maximum Gasteiger partial charge on any atom is 0.324 e. The summed E-state index contributed by atoms with van der Waals surface area (Å²) in [6, 6.07) is 8.71. The van der Waals surface area contributed by atoms with Crippen LogP contribution in [0.15, 0.2) is 41.3 Å². The fourth-order valence-electron chi connectivity index (χ4n) is 3.79. The monoisotopic (exact) mass is 464 g/mol. The van der Waals surface area contributed by atoms with Crippen LogP contribution < -0.4 is 5.32 Å². The van der Waals surface area contributed by atoms with E-state index in [9.17, 15) is 18.0 Å². The van der Waals surface area contributed by atoms with Crippen LogP contribution in [-0.2, 0) is 24.3 Å². The summed E-state index contributed by atoms with van der Waals surface area (Å²) in [4.78, 5) is 25.0. The standard InChI is InChI=1S/C22H25ClN2O5S/c1-14-11-15(2)21(16(3)12-14)24-20(26)13-30-22(27)19-5-4-10-25(19)31(28,29)18-8-6-17(23)7-9-18/h6-9,11-12,19H,4-5,10,13H2,1-3H3,(H,24,26)/t19-/m0/s1. The smallest absolute Gasteiger partial charge is 0.324 e. The first-order valence-corrected chi connectivity index (χ1v) is 11.7. The predicted octanol–water partition coefficient (Wildman–Crippen LogP) is 3.60. The molecule has 9 heteroatoms. The minimum atomic E-state index is -3.88. The van der Waals surface area contributed by atoms with Gasteiger partial charge in [0.15, 0.2) is 6.61 Å². The van der Waals surface area contributed by atoms with Crippen molar-refractivity contribution >= 4 is 39.2 Å². The van der Waals surface area contributed by atoms with Gasteiger partial charge in [0.1, 0.15) is 6.04 Å². The average molecular weight is 465 g/mol. The summed E-state index contributed by atoms with van der Waals surface area (Å²) in [5, 5.41) is 3.18. The zero-order chi connectivity index (χ0) is 22.8. The number of benzene rings is 2. The van der Waals surface area contributed by atoms with E-state index in [2.05, 4.69) is 5.32 Å². The Morgan fingerprint density at radius 1 is 1.13 bits per heavy atom. The SMILES string of the molecule is Cc1cc(C)c(NC(=O)COC(=O)[C@@H]2CCCN2S(=O)(=O)c2ccc(Cl)cc2)c(C)c1. The van der Waals surface area contributed by atoms with E-state index in [0.29, 0.717) is 23.6 Å². The highest BCUT2D eigenvalue weighted by atomic mass is 35.5. The molecule has 0 radical (unpaired) electrons. The van der Waals surface area contributed by atoms with Gasteiger partial charge in [-0.1, -0.05) is 29.3 Å². The Balaban J connectivity index is 1.65. The summed E-state index contributed by atoms with van der Waals surface area (Å²) in [6.07, 6.45) is 0.865. The lowest BCUT2D eigenvalue weighted by atomic mass is 10.1. The lowest BCUT2D eigenvalue weighted by Gasteiger charge is -2.22. The summed E-state index contributed by atoms with van der Waals surface area (Å²) < 4.78 is 32.2. The minimum absolute atomic E-state index is 0.0552. The number of rotatable bonds is 6. The van der Waals surface area contributed by atoms with Gasteiger partial charge in [0, 0.05) is 17.3 Å². The zero-order valence-corrected chi connectivity index (χ0v) is 19.2. The molecule has 1 saturated heterocycles. The number of ether oxygens (including phenoxy) is 1. The summed E-state index contributed by atoms with van der Waals surface area (Å²) >= 11 is 5.84. The Kier molecular flexibility index (Phi) is 7.03. The van der Waals surface area contributed by atoms with Gasteiger partial charge in [-0.3, -0.25) is 9.59 Å². The molecule has 1 fully saturated rings. The number of anilines is 1. The van der Waals surface area contributed by atoms with Crippen LogP contribution >= 0.6 is 11.6 Å². The van der Waals surface area contributed by atoms with Crippen LogP contribution in [0.1, 0.15) is 29.5 Å². The molecule has 1 aliphatic heterocycles. The molecule has 166 valence electrons. The number of sulfonamides is 1. The van der Waals surface area contributed by atoms with Crippen molar-refractivity contribution in [3.8, 4) is 0 Å². The van der Waals surface area contributed by atoms with Crippen LogP contribution in [0, 0.1) is 20.8 Å². The molecule has 0 aliphatic carbocycles. The van der Waals surface area contributed by atoms with E-state index in [1.165, 1.54) is 24.3 Å². The summed E-state index contributed by atoms with van der Waals surface area (Å²) in [5.41, 5.74) is 3.59. The van der Waals surface area contributed by atoms with Crippen molar-refractivity contribution in [1.82, 2.24) is 4.31 Å². The van der Waals surface area contributed by atoms with E-state index >= 15 is 0 Å². The van der Waals surface area contributed by atoms with Gasteiger partial charge in [0.05, 0.1) is 4.90 Å². The van der Waals surface area contributed by atoms with Crippen LogP contribution in [0.25, 0.3) is 0 Å². The number of carbonyl (C=O) groups is 2. The van der Waals surface area contributed by atoms with Crippen molar-refractivity contribution in [2.45, 2.75) is 44.6 Å². The fourth-order valence-corrected chi connectivity index (χ4v) is 5.56. The highest BCUT2D eigenvalue weighted by Gasteiger charge is 2.40. The van der Waals surface area contributed by atoms with Crippen LogP contribution in [0.4, 0.5) is 5.69 Å². The van der Waals surface area contributed by atoms with E-state index in [1.54, 1.807) is 0 Å². The highest BCUT2D eigenvalue weighted by molar-refractivity contribution is 7.89. The Labute approximate surface area is 187 Å². The van der Waals surface area contributed by atoms with E-state index in [0.717, 1.165) is 21.0 Å². The second kappa shape index (κ2) is 9.38. The average Bonchev–Trinajstić information content (AvgIpc) is 3.20. The Morgan fingerprint density at radius 2 is 1.74 bits per heavy atom. The third kappa shape index (κ3) is 5.26. The van der Waals surface area contributed by atoms with Gasteiger partial charge in [-0.2, -0.15) is 4.31 Å². The molecule has 0 spiro atoms. The molecule has 1 atom stereocenters. The van der Waals surface area contributed by atoms with Crippen molar-refractivity contribution in [1.29, 1.82) is 0 Å². The molecule has 0 unspecified atom stereocenters. The third-order valence-electron chi connectivity index (χ3n) is 5.18. The normalized spacial score (nSPS) is 16.8. The predicted molar refractivity (Wildman–Crippen MR) is 119 cm³/mol.